The Labute approximate surface area is 297 Å². The molecule has 0 aliphatic heterocycles. The first kappa shape index (κ1) is 35.7. The number of esters is 1. The fourth-order valence-corrected chi connectivity index (χ4v) is 13.7. The van der Waals surface area contributed by atoms with Crippen LogP contribution in [0.1, 0.15) is 139 Å². The highest BCUT2D eigenvalue weighted by atomic mass is 16.5. The van der Waals surface area contributed by atoms with E-state index in [4.69, 9.17) is 4.74 Å². The number of aliphatic hydroxyl groups is 1. The van der Waals surface area contributed by atoms with E-state index in [9.17, 15) is 14.7 Å². The number of carbonyl (C=O) groups is 2. The van der Waals surface area contributed by atoms with Gasteiger partial charge in [0.2, 0.25) is 0 Å². The van der Waals surface area contributed by atoms with Crippen LogP contribution >= 0.6 is 0 Å². The summed E-state index contributed by atoms with van der Waals surface area (Å²) in [6.07, 6.45) is 18.3. The van der Waals surface area contributed by atoms with Gasteiger partial charge in [0.15, 0.2) is 5.78 Å². The van der Waals surface area contributed by atoms with Crippen LogP contribution in [0.25, 0.3) is 0 Å². The van der Waals surface area contributed by atoms with Crippen LogP contribution in [0.4, 0.5) is 0 Å². The van der Waals surface area contributed by atoms with Crippen LogP contribution in [0.3, 0.4) is 0 Å². The molecule has 5 heteroatoms. The van der Waals surface area contributed by atoms with Gasteiger partial charge >= 0.3 is 5.97 Å². The highest BCUT2D eigenvalue weighted by molar-refractivity contribution is 6.00. The number of fused-ring (bicyclic) bond motifs is 7. The van der Waals surface area contributed by atoms with Gasteiger partial charge in [-0.15, -0.1) is 0 Å². The Hall–Kier alpha value is -1.72. The van der Waals surface area contributed by atoms with Crippen molar-refractivity contribution in [2.75, 3.05) is 19.7 Å². The summed E-state index contributed by atoms with van der Waals surface area (Å²) >= 11 is 0. The molecule has 0 radical (unpaired) electrons. The molecule has 0 bridgehead atoms. The van der Waals surface area contributed by atoms with Crippen LogP contribution in [0.15, 0.2) is 34.4 Å². The maximum Gasteiger partial charge on any atom is 0.309 e. The van der Waals surface area contributed by atoms with Gasteiger partial charge in [0.1, 0.15) is 0 Å². The molecule has 0 saturated heterocycles. The third kappa shape index (κ3) is 5.35. The summed E-state index contributed by atoms with van der Waals surface area (Å²) in [4.78, 5) is 26.4. The van der Waals surface area contributed by atoms with Crippen LogP contribution in [0, 0.1) is 62.6 Å². The molecule has 5 nitrogen and oxygen atoms in total. The summed E-state index contributed by atoms with van der Waals surface area (Å²) in [6, 6.07) is 0. The number of nitrogens with one attached hydrogen (secondary N) is 1. The zero-order chi connectivity index (χ0) is 35.1. The summed E-state index contributed by atoms with van der Waals surface area (Å²) in [5, 5.41) is 15.6. The quantitative estimate of drug-likeness (QED) is 0.239. The molecule has 1 unspecified atom stereocenters. The first-order valence-electron chi connectivity index (χ1n) is 20.4. The zero-order valence-electron chi connectivity index (χ0n) is 32.2. The van der Waals surface area contributed by atoms with Gasteiger partial charge in [-0.1, -0.05) is 66.2 Å². The van der Waals surface area contributed by atoms with Gasteiger partial charge in [-0.2, -0.15) is 0 Å². The first-order valence-corrected chi connectivity index (χ1v) is 20.4. The third-order valence-corrected chi connectivity index (χ3v) is 16.5. The maximum absolute atomic E-state index is 14.0. The van der Waals surface area contributed by atoms with Crippen LogP contribution in [0.2, 0.25) is 0 Å². The number of ether oxygens (including phenoxy) is 1. The van der Waals surface area contributed by atoms with Crippen molar-refractivity contribution in [3.05, 3.63) is 34.4 Å². The predicted molar refractivity (Wildman–Crippen MR) is 197 cm³/mol. The molecule has 0 amide bonds. The molecule has 0 heterocycles. The Kier molecular flexibility index (Phi) is 9.07. The Morgan fingerprint density at radius 1 is 0.959 bits per heavy atom. The van der Waals surface area contributed by atoms with Crippen molar-refractivity contribution < 1.29 is 19.4 Å². The lowest BCUT2D eigenvalue weighted by atomic mass is 9.33. The van der Waals surface area contributed by atoms with Gasteiger partial charge < -0.3 is 15.2 Å². The normalized spacial score (nSPS) is 42.0. The van der Waals surface area contributed by atoms with E-state index in [0.29, 0.717) is 43.1 Å². The number of allylic oxidation sites excluding steroid dienone is 5. The highest BCUT2D eigenvalue weighted by Crippen LogP contribution is 2.77. The second kappa shape index (κ2) is 12.5. The van der Waals surface area contributed by atoms with Gasteiger partial charge in [0.05, 0.1) is 18.6 Å². The van der Waals surface area contributed by atoms with Crippen molar-refractivity contribution in [1.29, 1.82) is 0 Å². The molecule has 7 aliphatic rings. The fourth-order valence-electron chi connectivity index (χ4n) is 13.7. The summed E-state index contributed by atoms with van der Waals surface area (Å²) in [7, 11) is 0. The van der Waals surface area contributed by atoms with Crippen LogP contribution in [-0.2, 0) is 14.3 Å². The standard InChI is InChI=1S/C44H67NO4/c1-9-49-39(48)30-14-12-29(13-15-30)31-18-20-41(6)34(40(31,4)5)19-21-43(8)35(41)17-16-32-38-37(27(2)3)33(46)24-44(38,23-22-42(32,43)7)36(47)26-45-25-28-10-11-28/h12,18,27-28,30,32,34-36,45,47H,9-11,13-17,19-26H2,1-8H3/t30?,32-,34+,35-,36+,41+,42-,43-,44+/m1/s1. The SMILES string of the molecule is CCOC(=O)C1CC=C(C2=CC[C@]3(C)[C@H]4CC[C@@H]5C6=C(C(C)C)C(=O)C[C@]6([C@@H](O)CNCC6CC6)CC[C@@]5(C)[C@]4(C)CC[C@H]3C2(C)C)CC1. The molecule has 0 aromatic carbocycles. The van der Waals surface area contributed by atoms with Crippen molar-refractivity contribution >= 4 is 11.8 Å². The number of carbonyl (C=O) groups excluding carboxylic acids is 2. The molecule has 2 N–H and O–H groups in total. The Bertz CT molecular complexity index is 1450. The molecular weight excluding hydrogens is 606 g/mol. The first-order chi connectivity index (χ1) is 23.1. The second-order valence-corrected chi connectivity index (χ2v) is 19.5. The molecule has 272 valence electrons. The summed E-state index contributed by atoms with van der Waals surface area (Å²) in [5.41, 5.74) is 5.69. The molecule has 0 aromatic heterocycles. The summed E-state index contributed by atoms with van der Waals surface area (Å²) < 4.78 is 5.36. The lowest BCUT2D eigenvalue weighted by Crippen LogP contribution is -2.65. The summed E-state index contributed by atoms with van der Waals surface area (Å²) in [5.74, 6) is 2.87. The third-order valence-electron chi connectivity index (χ3n) is 16.5. The second-order valence-electron chi connectivity index (χ2n) is 19.5. The van der Waals surface area contributed by atoms with Crippen molar-refractivity contribution in [2.45, 2.75) is 145 Å². The minimum Gasteiger partial charge on any atom is -0.466 e. The van der Waals surface area contributed by atoms with Gasteiger partial charge in [0.25, 0.3) is 0 Å². The minimum atomic E-state index is -0.505. The highest BCUT2D eigenvalue weighted by Gasteiger charge is 2.70. The average molecular weight is 674 g/mol. The Morgan fingerprint density at radius 3 is 2.37 bits per heavy atom. The smallest absolute Gasteiger partial charge is 0.309 e. The topological polar surface area (TPSA) is 75.6 Å². The zero-order valence-corrected chi connectivity index (χ0v) is 32.2. The number of hydrogen-bond donors (Lipinski definition) is 2. The predicted octanol–water partition coefficient (Wildman–Crippen LogP) is 9.15. The van der Waals surface area contributed by atoms with E-state index in [1.165, 1.54) is 43.3 Å². The van der Waals surface area contributed by atoms with Crippen molar-refractivity contribution in [2.24, 2.45) is 62.6 Å². The maximum atomic E-state index is 14.0. The Morgan fingerprint density at radius 2 is 1.71 bits per heavy atom. The van der Waals surface area contributed by atoms with Gasteiger partial charge in [-0.05, 0) is 158 Å². The lowest BCUT2D eigenvalue weighted by Gasteiger charge is -2.71. The van der Waals surface area contributed by atoms with Crippen LogP contribution < -0.4 is 5.32 Å². The van der Waals surface area contributed by atoms with E-state index in [-0.39, 0.29) is 39.5 Å². The largest absolute Gasteiger partial charge is 0.466 e. The summed E-state index contributed by atoms with van der Waals surface area (Å²) in [6.45, 7) is 21.3. The number of ketones is 1. The number of hydrogen-bond acceptors (Lipinski definition) is 5. The molecule has 9 atom stereocenters. The van der Waals surface area contributed by atoms with E-state index in [1.54, 1.807) is 5.57 Å². The van der Waals surface area contributed by atoms with E-state index >= 15 is 0 Å². The molecule has 49 heavy (non-hydrogen) atoms. The molecular formula is C44H67NO4. The lowest BCUT2D eigenvalue weighted by molar-refractivity contribution is -0.202. The molecule has 0 spiro atoms. The minimum absolute atomic E-state index is 0.00316. The van der Waals surface area contributed by atoms with E-state index in [2.05, 4.69) is 65.9 Å². The van der Waals surface area contributed by atoms with E-state index in [1.807, 2.05) is 6.92 Å². The average Bonchev–Trinajstić information content (AvgIpc) is 3.81. The van der Waals surface area contributed by atoms with Crippen molar-refractivity contribution in [1.82, 2.24) is 5.32 Å². The van der Waals surface area contributed by atoms with Crippen molar-refractivity contribution in [3.8, 4) is 0 Å². The molecule has 4 saturated carbocycles. The monoisotopic (exact) mass is 674 g/mol. The van der Waals surface area contributed by atoms with Crippen LogP contribution in [-0.4, -0.2) is 42.7 Å². The van der Waals surface area contributed by atoms with Crippen LogP contribution in [0.5, 0.6) is 0 Å². The Balaban J connectivity index is 1.18. The fraction of sp³-hybridized carbons (Fsp3) is 0.818. The van der Waals surface area contributed by atoms with Gasteiger partial charge in [0, 0.05) is 18.4 Å². The van der Waals surface area contributed by atoms with E-state index < -0.39 is 11.5 Å². The molecule has 7 aliphatic carbocycles. The molecule has 0 aromatic rings. The number of Topliss-reactive ketones (excluding diaryl/α,β-unsaturated/α-hetero) is 1. The van der Waals surface area contributed by atoms with Gasteiger partial charge in [-0.25, -0.2) is 0 Å². The molecule has 4 fully saturated rings. The molecule has 7 rings (SSSR count). The van der Waals surface area contributed by atoms with Gasteiger partial charge in [-0.3, -0.25) is 9.59 Å². The number of aliphatic hydroxyl groups excluding tert-OH is 1. The van der Waals surface area contributed by atoms with E-state index in [0.717, 1.165) is 63.0 Å². The van der Waals surface area contributed by atoms with Crippen molar-refractivity contribution in [3.63, 3.8) is 0 Å². The number of rotatable bonds is 9.